The zero-order chi connectivity index (χ0) is 14.0. The van der Waals surface area contributed by atoms with Crippen molar-refractivity contribution < 1.29 is 4.39 Å². The number of aryl methyl sites for hydroxylation is 2. The van der Waals surface area contributed by atoms with E-state index in [-0.39, 0.29) is 11.9 Å². The molecule has 1 heterocycles. The molecule has 5 heteroatoms. The van der Waals surface area contributed by atoms with E-state index in [1.807, 2.05) is 20.2 Å². The van der Waals surface area contributed by atoms with E-state index in [1.54, 1.807) is 16.8 Å². The predicted molar refractivity (Wildman–Crippen MR) is 78.7 cm³/mol. The summed E-state index contributed by atoms with van der Waals surface area (Å²) in [6.45, 7) is 4.00. The normalized spacial score (nSPS) is 12.5. The van der Waals surface area contributed by atoms with E-state index in [9.17, 15) is 4.39 Å². The van der Waals surface area contributed by atoms with Crippen LogP contribution in [0.5, 0.6) is 0 Å². The van der Waals surface area contributed by atoms with Gasteiger partial charge in [0.05, 0.1) is 17.4 Å². The number of nitrogens with one attached hydrogen (secondary N) is 1. The van der Waals surface area contributed by atoms with Gasteiger partial charge < -0.3 is 5.32 Å². The molecule has 0 bridgehead atoms. The van der Waals surface area contributed by atoms with Gasteiger partial charge in [-0.25, -0.2) is 4.39 Å². The molecule has 0 aliphatic rings. The molecule has 19 heavy (non-hydrogen) atoms. The molecule has 3 nitrogen and oxygen atoms in total. The van der Waals surface area contributed by atoms with E-state index in [2.05, 4.69) is 33.3 Å². The van der Waals surface area contributed by atoms with Crippen molar-refractivity contribution in [2.24, 2.45) is 7.05 Å². The third-order valence-electron chi connectivity index (χ3n) is 3.04. The summed E-state index contributed by atoms with van der Waals surface area (Å²) < 4.78 is 16.5. The number of halogens is 2. The van der Waals surface area contributed by atoms with E-state index in [4.69, 9.17) is 0 Å². The second kappa shape index (κ2) is 5.74. The highest BCUT2D eigenvalue weighted by molar-refractivity contribution is 9.10. The second-order valence-electron chi connectivity index (χ2n) is 4.55. The molecule has 0 saturated heterocycles. The summed E-state index contributed by atoms with van der Waals surface area (Å²) in [6.07, 6.45) is 2.77. The number of anilines is 1. The van der Waals surface area contributed by atoms with Crippen LogP contribution in [-0.4, -0.2) is 9.78 Å². The molecule has 1 aromatic heterocycles. The number of nitrogens with zero attached hydrogens (tertiary/aromatic N) is 2. The van der Waals surface area contributed by atoms with Crippen LogP contribution in [0.1, 0.15) is 31.1 Å². The standard InChI is InChI=1S/C14H17BrFN3/c1-4-13-14(8-19(3)18-13)17-9(2)11-7-10(15)5-6-12(11)16/h5-9,17H,4H2,1-3H3. The predicted octanol–water partition coefficient (Wildman–Crippen LogP) is 4.06. The number of aromatic nitrogens is 2. The molecule has 0 radical (unpaired) electrons. The highest BCUT2D eigenvalue weighted by atomic mass is 79.9. The van der Waals surface area contributed by atoms with Gasteiger partial charge in [-0.1, -0.05) is 22.9 Å². The number of rotatable bonds is 4. The SMILES string of the molecule is CCc1nn(C)cc1NC(C)c1cc(Br)ccc1F. The van der Waals surface area contributed by atoms with Gasteiger partial charge in [0.1, 0.15) is 5.82 Å². The van der Waals surface area contributed by atoms with Crippen molar-refractivity contribution in [1.82, 2.24) is 9.78 Å². The maximum atomic E-state index is 13.8. The summed E-state index contributed by atoms with van der Waals surface area (Å²) in [6, 6.07) is 4.86. The molecule has 0 fully saturated rings. The van der Waals surface area contributed by atoms with Crippen LogP contribution in [0.4, 0.5) is 10.1 Å². The highest BCUT2D eigenvalue weighted by Crippen LogP contribution is 2.26. The van der Waals surface area contributed by atoms with Crippen molar-refractivity contribution in [1.29, 1.82) is 0 Å². The second-order valence-corrected chi connectivity index (χ2v) is 5.46. The summed E-state index contributed by atoms with van der Waals surface area (Å²) in [4.78, 5) is 0. The number of hydrogen-bond donors (Lipinski definition) is 1. The van der Waals surface area contributed by atoms with Crippen molar-refractivity contribution in [2.75, 3.05) is 5.32 Å². The van der Waals surface area contributed by atoms with Crippen molar-refractivity contribution in [3.8, 4) is 0 Å². The lowest BCUT2D eigenvalue weighted by atomic mass is 10.1. The van der Waals surface area contributed by atoms with Gasteiger partial charge >= 0.3 is 0 Å². The van der Waals surface area contributed by atoms with Crippen LogP contribution >= 0.6 is 15.9 Å². The molecule has 0 spiro atoms. The number of benzene rings is 1. The van der Waals surface area contributed by atoms with Gasteiger partial charge in [-0.3, -0.25) is 4.68 Å². The van der Waals surface area contributed by atoms with Crippen molar-refractivity contribution >= 4 is 21.6 Å². The fourth-order valence-electron chi connectivity index (χ4n) is 2.07. The lowest BCUT2D eigenvalue weighted by Gasteiger charge is -2.16. The Morgan fingerprint density at radius 3 is 2.89 bits per heavy atom. The first-order chi connectivity index (χ1) is 9.01. The maximum Gasteiger partial charge on any atom is 0.128 e. The largest absolute Gasteiger partial charge is 0.376 e. The third-order valence-corrected chi connectivity index (χ3v) is 3.53. The minimum absolute atomic E-state index is 0.119. The van der Waals surface area contributed by atoms with Crippen LogP contribution in [-0.2, 0) is 13.5 Å². The average Bonchev–Trinajstić information content (AvgIpc) is 2.72. The molecule has 0 amide bonds. The molecule has 0 aliphatic carbocycles. The fraction of sp³-hybridized carbons (Fsp3) is 0.357. The molecule has 1 unspecified atom stereocenters. The lowest BCUT2D eigenvalue weighted by molar-refractivity contribution is 0.600. The van der Waals surface area contributed by atoms with Gasteiger partial charge in [0.15, 0.2) is 0 Å². The summed E-state index contributed by atoms with van der Waals surface area (Å²) >= 11 is 3.37. The van der Waals surface area contributed by atoms with E-state index >= 15 is 0 Å². The molecular formula is C14H17BrFN3. The Hall–Kier alpha value is -1.36. The molecule has 2 aromatic rings. The fourth-order valence-corrected chi connectivity index (χ4v) is 2.45. The maximum absolute atomic E-state index is 13.8. The summed E-state index contributed by atoms with van der Waals surface area (Å²) in [7, 11) is 1.88. The van der Waals surface area contributed by atoms with E-state index in [0.29, 0.717) is 5.56 Å². The zero-order valence-electron chi connectivity index (χ0n) is 11.2. The molecular weight excluding hydrogens is 309 g/mol. The molecule has 1 N–H and O–H groups in total. The summed E-state index contributed by atoms with van der Waals surface area (Å²) in [5.41, 5.74) is 2.59. The first kappa shape index (κ1) is 14.1. The first-order valence-corrected chi connectivity index (χ1v) is 7.04. The molecule has 1 atom stereocenters. The van der Waals surface area contributed by atoms with Gasteiger partial charge in [0, 0.05) is 23.3 Å². The molecule has 0 saturated carbocycles. The Kier molecular flexibility index (Phi) is 4.24. The monoisotopic (exact) mass is 325 g/mol. The summed E-state index contributed by atoms with van der Waals surface area (Å²) in [5.74, 6) is -0.204. The minimum atomic E-state index is -0.204. The Balaban J connectivity index is 2.25. The highest BCUT2D eigenvalue weighted by Gasteiger charge is 2.14. The van der Waals surface area contributed by atoms with Crippen LogP contribution < -0.4 is 5.32 Å². The van der Waals surface area contributed by atoms with E-state index in [1.165, 1.54) is 6.07 Å². The van der Waals surface area contributed by atoms with Gasteiger partial charge in [-0.2, -0.15) is 5.10 Å². The van der Waals surface area contributed by atoms with Crippen LogP contribution in [0.25, 0.3) is 0 Å². The molecule has 2 rings (SSSR count). The molecule has 1 aromatic carbocycles. The van der Waals surface area contributed by atoms with Crippen LogP contribution in [0.3, 0.4) is 0 Å². The van der Waals surface area contributed by atoms with E-state index < -0.39 is 0 Å². The van der Waals surface area contributed by atoms with Crippen LogP contribution in [0, 0.1) is 5.82 Å². The first-order valence-electron chi connectivity index (χ1n) is 6.25. The van der Waals surface area contributed by atoms with Gasteiger partial charge in [-0.05, 0) is 31.5 Å². The zero-order valence-corrected chi connectivity index (χ0v) is 12.8. The Labute approximate surface area is 121 Å². The topological polar surface area (TPSA) is 29.9 Å². The quantitative estimate of drug-likeness (QED) is 0.918. The minimum Gasteiger partial charge on any atom is -0.376 e. The Morgan fingerprint density at radius 1 is 1.47 bits per heavy atom. The summed E-state index contributed by atoms with van der Waals surface area (Å²) in [5, 5.41) is 7.69. The average molecular weight is 326 g/mol. The number of hydrogen-bond acceptors (Lipinski definition) is 2. The Bertz CT molecular complexity index is 580. The smallest absolute Gasteiger partial charge is 0.128 e. The van der Waals surface area contributed by atoms with Gasteiger partial charge in [0.25, 0.3) is 0 Å². The van der Waals surface area contributed by atoms with Crippen LogP contribution in [0.15, 0.2) is 28.9 Å². The van der Waals surface area contributed by atoms with Gasteiger partial charge in [0.2, 0.25) is 0 Å². The van der Waals surface area contributed by atoms with Crippen LogP contribution in [0.2, 0.25) is 0 Å². The van der Waals surface area contributed by atoms with Gasteiger partial charge in [-0.15, -0.1) is 0 Å². The van der Waals surface area contributed by atoms with Crippen molar-refractivity contribution in [3.05, 3.63) is 45.9 Å². The Morgan fingerprint density at radius 2 is 2.21 bits per heavy atom. The van der Waals surface area contributed by atoms with E-state index in [0.717, 1.165) is 22.3 Å². The lowest BCUT2D eigenvalue weighted by Crippen LogP contribution is -2.09. The molecule has 102 valence electrons. The van der Waals surface area contributed by atoms with Crippen molar-refractivity contribution in [2.45, 2.75) is 26.3 Å². The van der Waals surface area contributed by atoms with Crippen molar-refractivity contribution in [3.63, 3.8) is 0 Å². The molecule has 0 aliphatic heterocycles. The third kappa shape index (κ3) is 3.15.